The first-order valence-corrected chi connectivity index (χ1v) is 7.13. The molecule has 0 radical (unpaired) electrons. The van der Waals surface area contributed by atoms with Crippen LogP contribution in [0.1, 0.15) is 0 Å². The Morgan fingerprint density at radius 1 is 0.800 bits per heavy atom. The molecule has 0 aromatic heterocycles. The van der Waals surface area contributed by atoms with Crippen LogP contribution < -0.4 is 4.90 Å². The molecule has 3 aromatic rings. The van der Waals surface area contributed by atoms with E-state index in [1.165, 1.54) is 5.39 Å². The lowest BCUT2D eigenvalue weighted by atomic mass is 10.1. The molecule has 0 spiro atoms. The Kier molecular flexibility index (Phi) is 3.63. The van der Waals surface area contributed by atoms with Crippen molar-refractivity contribution < 1.29 is 0 Å². The maximum absolute atomic E-state index is 5.28. The van der Waals surface area contributed by atoms with Crippen LogP contribution in [-0.4, -0.2) is 4.32 Å². The van der Waals surface area contributed by atoms with Gasteiger partial charge in [-0.2, -0.15) is 0 Å². The van der Waals surface area contributed by atoms with E-state index in [2.05, 4.69) is 18.2 Å². The molecule has 0 aliphatic rings. The van der Waals surface area contributed by atoms with Crippen LogP contribution in [0.4, 0.5) is 11.4 Å². The van der Waals surface area contributed by atoms with Gasteiger partial charge in [0.15, 0.2) is 0 Å². The van der Waals surface area contributed by atoms with E-state index < -0.39 is 0 Å². The molecule has 0 unspecified atom stereocenters. The molecule has 0 aliphatic carbocycles. The zero-order valence-electron chi connectivity index (χ0n) is 10.7. The Balaban J connectivity index is 2.23. The normalized spacial score (nSPS) is 10.4. The number of thiocarbonyl (C=S) groups is 1. The third kappa shape index (κ3) is 2.38. The van der Waals surface area contributed by atoms with E-state index in [4.69, 9.17) is 24.8 Å². The molecule has 3 rings (SSSR count). The first kappa shape index (κ1) is 13.0. The summed E-state index contributed by atoms with van der Waals surface area (Å²) in [6, 6.07) is 24.4. The number of benzene rings is 3. The topological polar surface area (TPSA) is 3.24 Å². The fraction of sp³-hybridized carbons (Fsp3) is 0. The highest BCUT2D eigenvalue weighted by atomic mass is 32.1. The van der Waals surface area contributed by atoms with E-state index >= 15 is 0 Å². The van der Waals surface area contributed by atoms with E-state index in [1.807, 2.05) is 59.5 Å². The fourth-order valence-corrected chi connectivity index (χ4v) is 2.73. The first-order chi connectivity index (χ1) is 9.77. The van der Waals surface area contributed by atoms with Gasteiger partial charge in [0, 0.05) is 11.1 Å². The van der Waals surface area contributed by atoms with E-state index in [1.54, 1.807) is 0 Å². The molecule has 0 fully saturated rings. The Labute approximate surface area is 129 Å². The van der Waals surface area contributed by atoms with Gasteiger partial charge in [0.05, 0.1) is 5.69 Å². The highest BCUT2D eigenvalue weighted by Gasteiger charge is 2.10. The molecular formula is C17H12NS2-. The van der Waals surface area contributed by atoms with Crippen molar-refractivity contribution in [3.05, 3.63) is 72.8 Å². The van der Waals surface area contributed by atoms with E-state index in [0.29, 0.717) is 4.32 Å². The van der Waals surface area contributed by atoms with Gasteiger partial charge >= 0.3 is 0 Å². The standard InChI is InChI=1S/C17H13NS2/c19-17(20)18(14-9-2-1-3-10-14)16-12-6-8-13-7-4-5-11-15(13)16/h1-12H,(H,19,20)/p-1. The van der Waals surface area contributed by atoms with Gasteiger partial charge in [-0.1, -0.05) is 58.9 Å². The minimum atomic E-state index is 0.424. The minimum absolute atomic E-state index is 0.424. The summed E-state index contributed by atoms with van der Waals surface area (Å²) in [7, 11) is 0. The largest absolute Gasteiger partial charge is 0.411 e. The molecule has 1 nitrogen and oxygen atoms in total. The van der Waals surface area contributed by atoms with Crippen molar-refractivity contribution in [3.8, 4) is 0 Å². The smallest absolute Gasteiger partial charge is 0.0522 e. The van der Waals surface area contributed by atoms with Gasteiger partial charge in [0.1, 0.15) is 0 Å². The van der Waals surface area contributed by atoms with Gasteiger partial charge in [0.2, 0.25) is 0 Å². The number of rotatable bonds is 2. The third-order valence-corrected chi connectivity index (χ3v) is 3.57. The summed E-state index contributed by atoms with van der Waals surface area (Å²) in [5.74, 6) is 0. The zero-order valence-corrected chi connectivity index (χ0v) is 12.3. The van der Waals surface area contributed by atoms with E-state index in [0.717, 1.165) is 16.8 Å². The quantitative estimate of drug-likeness (QED) is 0.493. The summed E-state index contributed by atoms with van der Waals surface area (Å²) in [6.07, 6.45) is 0. The van der Waals surface area contributed by atoms with Gasteiger partial charge in [-0.15, -0.1) is 0 Å². The molecule has 3 heteroatoms. The van der Waals surface area contributed by atoms with Gasteiger partial charge in [-0.25, -0.2) is 0 Å². The van der Waals surface area contributed by atoms with Gasteiger partial charge < -0.3 is 29.7 Å². The maximum atomic E-state index is 5.28. The summed E-state index contributed by atoms with van der Waals surface area (Å²) in [5.41, 5.74) is 2.01. The number of hydrogen-bond acceptors (Lipinski definition) is 2. The average Bonchev–Trinajstić information content (AvgIpc) is 2.48. The van der Waals surface area contributed by atoms with Gasteiger partial charge in [-0.3, -0.25) is 0 Å². The minimum Gasteiger partial charge on any atom is -0.411 e. The SMILES string of the molecule is S=C([S-])N(c1ccccc1)c1cccc2ccccc12. The van der Waals surface area contributed by atoms with E-state index in [9.17, 15) is 0 Å². The maximum Gasteiger partial charge on any atom is 0.0522 e. The predicted octanol–water partition coefficient (Wildman–Crippen LogP) is 4.81. The lowest BCUT2D eigenvalue weighted by Gasteiger charge is -2.29. The summed E-state index contributed by atoms with van der Waals surface area (Å²) in [6.45, 7) is 0. The predicted molar refractivity (Wildman–Crippen MR) is 92.5 cm³/mol. The number of anilines is 2. The molecule has 0 bridgehead atoms. The van der Waals surface area contributed by atoms with Gasteiger partial charge in [0.25, 0.3) is 0 Å². The highest BCUT2D eigenvalue weighted by Crippen LogP contribution is 2.32. The first-order valence-electron chi connectivity index (χ1n) is 6.31. The molecule has 0 atom stereocenters. The van der Waals surface area contributed by atoms with Crippen LogP contribution in [0.15, 0.2) is 72.8 Å². The number of fused-ring (bicyclic) bond motifs is 1. The van der Waals surface area contributed by atoms with Crippen molar-refractivity contribution in [1.82, 2.24) is 0 Å². The molecule has 0 saturated heterocycles. The molecule has 0 amide bonds. The lowest BCUT2D eigenvalue weighted by molar-refractivity contribution is 1.41. The fourth-order valence-electron chi connectivity index (χ4n) is 2.32. The molecule has 98 valence electrons. The Bertz CT molecular complexity index is 748. The van der Waals surface area contributed by atoms with Crippen molar-refractivity contribution in [1.29, 1.82) is 0 Å². The summed E-state index contributed by atoms with van der Waals surface area (Å²) in [4.78, 5) is 1.94. The van der Waals surface area contributed by atoms with Gasteiger partial charge in [-0.05, 0) is 23.6 Å². The van der Waals surface area contributed by atoms with Crippen molar-refractivity contribution in [2.75, 3.05) is 4.90 Å². The Morgan fingerprint density at radius 2 is 1.45 bits per heavy atom. The van der Waals surface area contributed by atoms with Crippen LogP contribution in [0.3, 0.4) is 0 Å². The summed E-state index contributed by atoms with van der Waals surface area (Å²) in [5, 5.41) is 2.32. The van der Waals surface area contributed by atoms with Crippen LogP contribution >= 0.6 is 12.2 Å². The summed E-state index contributed by atoms with van der Waals surface area (Å²) < 4.78 is 0.424. The van der Waals surface area contributed by atoms with Crippen molar-refractivity contribution in [2.24, 2.45) is 0 Å². The second kappa shape index (κ2) is 5.57. The van der Waals surface area contributed by atoms with Crippen molar-refractivity contribution in [3.63, 3.8) is 0 Å². The van der Waals surface area contributed by atoms with E-state index in [-0.39, 0.29) is 0 Å². The highest BCUT2D eigenvalue weighted by molar-refractivity contribution is 8.00. The number of hydrogen-bond donors (Lipinski definition) is 0. The number of nitrogens with zero attached hydrogens (tertiary/aromatic N) is 1. The van der Waals surface area contributed by atoms with Crippen molar-refractivity contribution in [2.45, 2.75) is 0 Å². The lowest BCUT2D eigenvalue weighted by Crippen LogP contribution is -2.21. The molecule has 0 saturated carbocycles. The van der Waals surface area contributed by atoms with Crippen molar-refractivity contribution >= 4 is 51.3 Å². The second-order valence-corrected chi connectivity index (χ2v) is 5.47. The Hall–Kier alpha value is -1.97. The second-order valence-electron chi connectivity index (χ2n) is 4.44. The number of para-hydroxylation sites is 1. The molecular weight excluding hydrogens is 282 g/mol. The molecule has 0 aliphatic heterocycles. The zero-order chi connectivity index (χ0) is 13.9. The van der Waals surface area contributed by atoms with Crippen LogP contribution in [0.2, 0.25) is 0 Å². The van der Waals surface area contributed by atoms with Crippen LogP contribution in [0.25, 0.3) is 10.8 Å². The van der Waals surface area contributed by atoms with Crippen LogP contribution in [0, 0.1) is 0 Å². The molecule has 3 aromatic carbocycles. The third-order valence-electron chi connectivity index (χ3n) is 3.20. The molecule has 0 heterocycles. The summed E-state index contributed by atoms with van der Waals surface area (Å²) >= 11 is 10.6. The van der Waals surface area contributed by atoms with Crippen LogP contribution in [-0.2, 0) is 12.6 Å². The van der Waals surface area contributed by atoms with Crippen LogP contribution in [0.5, 0.6) is 0 Å². The molecule has 20 heavy (non-hydrogen) atoms. The monoisotopic (exact) mass is 294 g/mol. The molecule has 0 N–H and O–H groups in total. The Morgan fingerprint density at radius 3 is 2.20 bits per heavy atom. The average molecular weight is 294 g/mol.